The van der Waals surface area contributed by atoms with Gasteiger partial charge in [-0.05, 0) is 6.92 Å². The Morgan fingerprint density at radius 2 is 2.31 bits per heavy atom. The minimum absolute atomic E-state index is 0.0626. The second-order valence-electron chi connectivity index (χ2n) is 3.33. The molecule has 0 aromatic carbocycles. The lowest BCUT2D eigenvalue weighted by Gasteiger charge is -2.11. The standard InChI is InChI=1S/C9H15FN4OS/c1-6(16(3)15)4-12-8-7(10)5-13-9(11-2)14-8/h5-6H,4H2,1-3H3,(H2,11,12,13,14). The van der Waals surface area contributed by atoms with Gasteiger partial charge in [0.05, 0.1) is 6.20 Å². The van der Waals surface area contributed by atoms with Crippen molar-refractivity contribution >= 4 is 22.6 Å². The van der Waals surface area contributed by atoms with E-state index in [1.54, 1.807) is 13.3 Å². The van der Waals surface area contributed by atoms with Gasteiger partial charge in [-0.3, -0.25) is 4.21 Å². The van der Waals surface area contributed by atoms with Gasteiger partial charge < -0.3 is 10.6 Å². The molecule has 2 N–H and O–H groups in total. The highest BCUT2D eigenvalue weighted by Crippen LogP contribution is 2.11. The molecule has 0 fully saturated rings. The van der Waals surface area contributed by atoms with E-state index in [-0.39, 0.29) is 11.1 Å². The molecule has 0 radical (unpaired) electrons. The Bertz CT molecular complexity index is 388. The van der Waals surface area contributed by atoms with E-state index >= 15 is 0 Å². The molecule has 2 unspecified atom stereocenters. The zero-order valence-electron chi connectivity index (χ0n) is 9.45. The molecule has 0 aliphatic carbocycles. The maximum absolute atomic E-state index is 13.3. The third-order valence-electron chi connectivity index (χ3n) is 2.09. The van der Waals surface area contributed by atoms with Crippen LogP contribution in [0.5, 0.6) is 0 Å². The smallest absolute Gasteiger partial charge is 0.224 e. The van der Waals surface area contributed by atoms with Gasteiger partial charge >= 0.3 is 0 Å². The normalized spacial score (nSPS) is 14.2. The lowest BCUT2D eigenvalue weighted by Crippen LogP contribution is -2.21. The summed E-state index contributed by atoms with van der Waals surface area (Å²) in [7, 11) is 0.712. The van der Waals surface area contributed by atoms with Gasteiger partial charge in [0.15, 0.2) is 11.6 Å². The van der Waals surface area contributed by atoms with Crippen LogP contribution in [-0.2, 0) is 10.8 Å². The first-order valence-corrected chi connectivity index (χ1v) is 6.43. The second kappa shape index (κ2) is 5.74. The van der Waals surface area contributed by atoms with Gasteiger partial charge in [-0.2, -0.15) is 4.98 Å². The van der Waals surface area contributed by atoms with Crippen molar-refractivity contribution < 1.29 is 8.60 Å². The molecule has 0 spiro atoms. The van der Waals surface area contributed by atoms with E-state index in [0.29, 0.717) is 12.5 Å². The van der Waals surface area contributed by atoms with Crippen molar-refractivity contribution in [2.75, 3.05) is 30.5 Å². The molecule has 7 heteroatoms. The van der Waals surface area contributed by atoms with E-state index < -0.39 is 16.6 Å². The lowest BCUT2D eigenvalue weighted by molar-refractivity contribution is 0.617. The summed E-state index contributed by atoms with van der Waals surface area (Å²) in [6.07, 6.45) is 2.70. The van der Waals surface area contributed by atoms with Gasteiger partial charge in [-0.1, -0.05) is 0 Å². The fourth-order valence-electron chi connectivity index (χ4n) is 0.969. The average molecular weight is 246 g/mol. The van der Waals surface area contributed by atoms with Gasteiger partial charge in [0, 0.05) is 35.9 Å². The molecule has 2 atom stereocenters. The number of hydrogen-bond donors (Lipinski definition) is 2. The van der Waals surface area contributed by atoms with E-state index in [1.165, 1.54) is 0 Å². The maximum Gasteiger partial charge on any atom is 0.224 e. The number of rotatable bonds is 5. The van der Waals surface area contributed by atoms with Crippen LogP contribution in [0, 0.1) is 5.82 Å². The van der Waals surface area contributed by atoms with Crippen molar-refractivity contribution in [2.45, 2.75) is 12.2 Å². The topological polar surface area (TPSA) is 66.9 Å². The predicted octanol–water partition coefficient (Wildman–Crippen LogP) is 0.836. The number of halogens is 1. The van der Waals surface area contributed by atoms with Crippen molar-refractivity contribution in [3.8, 4) is 0 Å². The Morgan fingerprint density at radius 3 is 2.88 bits per heavy atom. The molecular weight excluding hydrogens is 231 g/mol. The Morgan fingerprint density at radius 1 is 1.62 bits per heavy atom. The summed E-state index contributed by atoms with van der Waals surface area (Å²) in [5, 5.41) is 5.46. The van der Waals surface area contributed by atoms with E-state index in [1.807, 2.05) is 6.92 Å². The van der Waals surface area contributed by atoms with Crippen LogP contribution in [0.4, 0.5) is 16.2 Å². The fraction of sp³-hybridized carbons (Fsp3) is 0.556. The Kier molecular flexibility index (Phi) is 4.60. The average Bonchev–Trinajstić information content (AvgIpc) is 2.27. The van der Waals surface area contributed by atoms with Crippen LogP contribution >= 0.6 is 0 Å². The van der Waals surface area contributed by atoms with Gasteiger partial charge in [-0.15, -0.1) is 0 Å². The molecule has 0 saturated heterocycles. The summed E-state index contributed by atoms with van der Waals surface area (Å²) in [4.78, 5) is 7.64. The summed E-state index contributed by atoms with van der Waals surface area (Å²) < 4.78 is 24.4. The SMILES string of the molecule is CNc1ncc(F)c(NCC(C)S(C)=O)n1. The highest BCUT2D eigenvalue weighted by Gasteiger charge is 2.09. The van der Waals surface area contributed by atoms with Crippen molar-refractivity contribution in [3.63, 3.8) is 0 Å². The Balaban J connectivity index is 2.69. The highest BCUT2D eigenvalue weighted by molar-refractivity contribution is 7.84. The molecule has 16 heavy (non-hydrogen) atoms. The molecule has 0 amide bonds. The van der Waals surface area contributed by atoms with Gasteiger partial charge in [0.2, 0.25) is 5.95 Å². The minimum atomic E-state index is -0.942. The number of nitrogens with one attached hydrogen (secondary N) is 2. The van der Waals surface area contributed by atoms with Crippen molar-refractivity contribution in [1.82, 2.24) is 9.97 Å². The molecule has 0 aliphatic rings. The zero-order chi connectivity index (χ0) is 12.1. The summed E-state index contributed by atoms with van der Waals surface area (Å²) in [6.45, 7) is 2.22. The first-order chi connectivity index (χ1) is 7.54. The van der Waals surface area contributed by atoms with Gasteiger partial charge in [-0.25, -0.2) is 9.37 Å². The van der Waals surface area contributed by atoms with Crippen molar-refractivity contribution in [3.05, 3.63) is 12.0 Å². The van der Waals surface area contributed by atoms with Gasteiger partial charge in [0.25, 0.3) is 0 Å². The third-order valence-corrected chi connectivity index (χ3v) is 3.39. The lowest BCUT2D eigenvalue weighted by atomic mass is 10.4. The molecular formula is C9H15FN4OS. The van der Waals surface area contributed by atoms with Crippen LogP contribution in [-0.4, -0.2) is 39.3 Å². The minimum Gasteiger partial charge on any atom is -0.366 e. The number of hydrogen-bond acceptors (Lipinski definition) is 5. The molecule has 0 aliphatic heterocycles. The molecule has 1 aromatic heterocycles. The fourth-order valence-corrected chi connectivity index (χ4v) is 1.29. The summed E-state index contributed by atoms with van der Waals surface area (Å²) in [6, 6.07) is 0. The van der Waals surface area contributed by atoms with E-state index in [2.05, 4.69) is 20.6 Å². The first-order valence-electron chi connectivity index (χ1n) is 4.81. The third kappa shape index (κ3) is 3.41. The monoisotopic (exact) mass is 246 g/mol. The van der Waals surface area contributed by atoms with Crippen molar-refractivity contribution in [2.24, 2.45) is 0 Å². The molecule has 0 saturated carbocycles. The Hall–Kier alpha value is -1.24. The summed E-state index contributed by atoms with van der Waals surface area (Å²) >= 11 is 0. The van der Waals surface area contributed by atoms with Gasteiger partial charge in [0.1, 0.15) is 0 Å². The van der Waals surface area contributed by atoms with Crippen LogP contribution in [0.25, 0.3) is 0 Å². The quantitative estimate of drug-likeness (QED) is 0.805. The van der Waals surface area contributed by atoms with E-state index in [0.717, 1.165) is 6.20 Å². The number of anilines is 2. The van der Waals surface area contributed by atoms with Crippen LogP contribution in [0.2, 0.25) is 0 Å². The number of nitrogens with zero attached hydrogens (tertiary/aromatic N) is 2. The van der Waals surface area contributed by atoms with E-state index in [4.69, 9.17) is 0 Å². The Labute approximate surface area is 96.3 Å². The van der Waals surface area contributed by atoms with Crippen LogP contribution in [0.1, 0.15) is 6.92 Å². The predicted molar refractivity (Wildman–Crippen MR) is 63.6 cm³/mol. The molecule has 1 heterocycles. The largest absolute Gasteiger partial charge is 0.366 e. The molecule has 1 rings (SSSR count). The zero-order valence-corrected chi connectivity index (χ0v) is 10.3. The summed E-state index contributed by atoms with van der Waals surface area (Å²) in [5.41, 5.74) is 0. The van der Waals surface area contributed by atoms with E-state index in [9.17, 15) is 8.60 Å². The maximum atomic E-state index is 13.3. The molecule has 90 valence electrons. The first kappa shape index (κ1) is 12.8. The number of aromatic nitrogens is 2. The van der Waals surface area contributed by atoms with Crippen molar-refractivity contribution in [1.29, 1.82) is 0 Å². The molecule has 5 nitrogen and oxygen atoms in total. The second-order valence-corrected chi connectivity index (χ2v) is 5.13. The molecule has 0 bridgehead atoms. The summed E-state index contributed by atoms with van der Waals surface area (Å²) in [5.74, 6) is -0.0566. The van der Waals surface area contributed by atoms with Crippen LogP contribution in [0.15, 0.2) is 6.20 Å². The highest BCUT2D eigenvalue weighted by atomic mass is 32.2. The van der Waals surface area contributed by atoms with Crippen LogP contribution in [0.3, 0.4) is 0 Å². The van der Waals surface area contributed by atoms with Crippen LogP contribution < -0.4 is 10.6 Å². The molecule has 1 aromatic rings.